The molecule has 6 heteroatoms. The molecule has 1 atom stereocenters. The summed E-state index contributed by atoms with van der Waals surface area (Å²) < 4.78 is 10.8. The second-order valence-corrected chi connectivity index (χ2v) is 9.16. The van der Waals surface area contributed by atoms with Gasteiger partial charge in [-0.05, 0) is 41.2 Å². The van der Waals surface area contributed by atoms with Crippen LogP contribution in [0.1, 0.15) is 43.0 Å². The van der Waals surface area contributed by atoms with E-state index in [0.717, 1.165) is 23.1 Å². The highest BCUT2D eigenvalue weighted by atomic mass is 16.5. The lowest BCUT2D eigenvalue weighted by Gasteiger charge is -2.32. The molecule has 0 spiro atoms. The maximum Gasteiger partial charge on any atom is 0.247 e. The molecule has 0 aliphatic heterocycles. The average Bonchev–Trinajstić information content (AvgIpc) is 2.89. The molecule has 1 N–H and O–H groups in total. The largest absolute Gasteiger partial charge is 0.493 e. The first-order valence-electron chi connectivity index (χ1n) is 12.3. The van der Waals surface area contributed by atoms with Crippen LogP contribution < -0.4 is 14.8 Å². The Bertz CT molecular complexity index is 1120. The zero-order valence-electron chi connectivity index (χ0n) is 21.6. The van der Waals surface area contributed by atoms with Crippen LogP contribution in [0.15, 0.2) is 78.9 Å². The number of carbonyl (C=O) groups is 2. The van der Waals surface area contributed by atoms with Crippen LogP contribution in [0, 0.1) is 5.92 Å². The molecule has 0 aliphatic carbocycles. The summed E-state index contributed by atoms with van der Waals surface area (Å²) in [5.41, 5.74) is 2.51. The van der Waals surface area contributed by atoms with Crippen LogP contribution in [0.5, 0.6) is 11.5 Å². The van der Waals surface area contributed by atoms with Gasteiger partial charge in [0.1, 0.15) is 6.04 Å². The number of benzene rings is 3. The van der Waals surface area contributed by atoms with Gasteiger partial charge < -0.3 is 19.7 Å². The minimum Gasteiger partial charge on any atom is -0.493 e. The molecule has 0 saturated heterocycles. The number of rotatable bonds is 12. The number of methoxy groups -OCH3 is 2. The molecule has 0 saturated carbocycles. The Morgan fingerprint density at radius 1 is 0.833 bits per heavy atom. The molecule has 1 unspecified atom stereocenters. The molecule has 0 radical (unpaired) electrons. The Balaban J connectivity index is 1.96. The van der Waals surface area contributed by atoms with Crippen LogP contribution in [0.2, 0.25) is 0 Å². The third kappa shape index (κ3) is 7.35. The van der Waals surface area contributed by atoms with Gasteiger partial charge in [0.25, 0.3) is 0 Å². The molecule has 3 aromatic rings. The molecule has 36 heavy (non-hydrogen) atoms. The molecule has 2 amide bonds. The number of carbonyl (C=O) groups excluding carboxylic acids is 2. The summed E-state index contributed by atoms with van der Waals surface area (Å²) in [6, 6.07) is 23.9. The molecule has 0 aliphatic rings. The third-order valence-electron chi connectivity index (χ3n) is 6.02. The summed E-state index contributed by atoms with van der Waals surface area (Å²) in [6.07, 6.45) is 0.987. The van der Waals surface area contributed by atoms with E-state index in [-0.39, 0.29) is 18.2 Å². The Labute approximate surface area is 214 Å². The van der Waals surface area contributed by atoms with Crippen LogP contribution in [0.25, 0.3) is 0 Å². The van der Waals surface area contributed by atoms with E-state index < -0.39 is 6.04 Å². The highest BCUT2D eigenvalue weighted by molar-refractivity contribution is 5.89. The van der Waals surface area contributed by atoms with Crippen LogP contribution in [0.4, 0.5) is 0 Å². The van der Waals surface area contributed by atoms with E-state index in [1.807, 2.05) is 66.7 Å². The minimum absolute atomic E-state index is 0.121. The predicted octanol–water partition coefficient (Wildman–Crippen LogP) is 5.18. The number of nitrogens with one attached hydrogen (secondary N) is 1. The van der Waals surface area contributed by atoms with Crippen molar-refractivity contribution in [1.29, 1.82) is 0 Å². The number of ether oxygens (including phenoxy) is 2. The summed E-state index contributed by atoms with van der Waals surface area (Å²) in [5, 5.41) is 3.06. The van der Waals surface area contributed by atoms with Gasteiger partial charge in [-0.25, -0.2) is 0 Å². The van der Waals surface area contributed by atoms with Gasteiger partial charge in [-0.1, -0.05) is 80.6 Å². The van der Waals surface area contributed by atoms with Crippen LogP contribution >= 0.6 is 0 Å². The first-order chi connectivity index (χ1) is 17.4. The summed E-state index contributed by atoms with van der Waals surface area (Å²) in [4.78, 5) is 29.1. The normalized spacial score (nSPS) is 11.6. The first kappa shape index (κ1) is 26.8. The van der Waals surface area contributed by atoms with E-state index in [9.17, 15) is 9.59 Å². The molecule has 0 fully saturated rings. The lowest BCUT2D eigenvalue weighted by Crippen LogP contribution is -2.44. The predicted molar refractivity (Wildman–Crippen MR) is 142 cm³/mol. The summed E-state index contributed by atoms with van der Waals surface area (Å²) in [5.74, 6) is 1.29. The van der Waals surface area contributed by atoms with Gasteiger partial charge in [-0.15, -0.1) is 0 Å². The maximum absolute atomic E-state index is 13.8. The molecular formula is C30H36N2O4. The molecule has 3 aromatic carbocycles. The van der Waals surface area contributed by atoms with Crippen molar-refractivity contribution < 1.29 is 19.1 Å². The molecule has 0 heterocycles. The first-order valence-corrected chi connectivity index (χ1v) is 12.3. The van der Waals surface area contributed by atoms with Crippen molar-refractivity contribution in [2.24, 2.45) is 5.92 Å². The van der Waals surface area contributed by atoms with Gasteiger partial charge in [0.05, 0.1) is 20.6 Å². The van der Waals surface area contributed by atoms with E-state index in [4.69, 9.17) is 9.47 Å². The van der Waals surface area contributed by atoms with Gasteiger partial charge in [0.2, 0.25) is 11.8 Å². The Morgan fingerprint density at radius 2 is 1.47 bits per heavy atom. The zero-order chi connectivity index (χ0) is 25.9. The van der Waals surface area contributed by atoms with Crippen molar-refractivity contribution >= 4 is 11.8 Å². The number of hydrogen-bond donors (Lipinski definition) is 1. The Hall–Kier alpha value is -3.80. The van der Waals surface area contributed by atoms with Gasteiger partial charge in [-0.3, -0.25) is 9.59 Å². The topological polar surface area (TPSA) is 67.9 Å². The van der Waals surface area contributed by atoms with Gasteiger partial charge in [-0.2, -0.15) is 0 Å². The Morgan fingerprint density at radius 3 is 2.08 bits per heavy atom. The second kappa shape index (κ2) is 13.3. The fourth-order valence-corrected chi connectivity index (χ4v) is 4.06. The SMILES string of the molecule is COc1ccc(CC(=O)N(Cc2ccccc2)C(C(=O)NCCC(C)C)c2ccccc2)cc1OC. The van der Waals surface area contributed by atoms with Crippen molar-refractivity contribution in [3.63, 3.8) is 0 Å². The molecule has 3 rings (SSSR count). The molecule has 6 nitrogen and oxygen atoms in total. The van der Waals surface area contributed by atoms with Crippen molar-refractivity contribution in [2.75, 3.05) is 20.8 Å². The highest BCUT2D eigenvalue weighted by Crippen LogP contribution is 2.29. The average molecular weight is 489 g/mol. The van der Waals surface area contributed by atoms with E-state index in [2.05, 4.69) is 19.2 Å². The fourth-order valence-electron chi connectivity index (χ4n) is 4.06. The van der Waals surface area contributed by atoms with Crippen LogP contribution in [-0.4, -0.2) is 37.5 Å². The monoisotopic (exact) mass is 488 g/mol. The van der Waals surface area contributed by atoms with E-state index >= 15 is 0 Å². The van der Waals surface area contributed by atoms with Crippen molar-refractivity contribution in [1.82, 2.24) is 10.2 Å². The number of nitrogens with zero attached hydrogens (tertiary/aromatic N) is 1. The zero-order valence-corrected chi connectivity index (χ0v) is 21.6. The van der Waals surface area contributed by atoms with Crippen LogP contribution in [-0.2, 0) is 22.6 Å². The lowest BCUT2D eigenvalue weighted by atomic mass is 10.0. The van der Waals surface area contributed by atoms with Crippen molar-refractivity contribution in [3.05, 3.63) is 95.6 Å². The lowest BCUT2D eigenvalue weighted by molar-refractivity contribution is -0.141. The minimum atomic E-state index is -0.758. The standard InChI is InChI=1S/C30H36N2O4/c1-22(2)17-18-31-30(34)29(25-13-9-6-10-14-25)32(21-23-11-7-5-8-12-23)28(33)20-24-15-16-26(35-3)27(19-24)36-4/h5-16,19,22,29H,17-18,20-21H2,1-4H3,(H,31,34). The third-order valence-corrected chi connectivity index (χ3v) is 6.02. The fraction of sp³-hybridized carbons (Fsp3) is 0.333. The summed E-state index contributed by atoms with van der Waals surface area (Å²) in [6.45, 7) is 5.11. The molecular weight excluding hydrogens is 452 g/mol. The molecule has 0 aromatic heterocycles. The van der Waals surface area contributed by atoms with Crippen molar-refractivity contribution in [3.8, 4) is 11.5 Å². The smallest absolute Gasteiger partial charge is 0.247 e. The van der Waals surface area contributed by atoms with E-state index in [1.54, 1.807) is 31.3 Å². The van der Waals surface area contributed by atoms with Gasteiger partial charge in [0.15, 0.2) is 11.5 Å². The summed E-state index contributed by atoms with van der Waals surface area (Å²) >= 11 is 0. The Kier molecular flexibility index (Phi) is 9.92. The quantitative estimate of drug-likeness (QED) is 0.382. The second-order valence-electron chi connectivity index (χ2n) is 9.16. The van der Waals surface area contributed by atoms with Crippen molar-refractivity contribution in [2.45, 2.75) is 39.3 Å². The van der Waals surface area contributed by atoms with E-state index in [1.165, 1.54) is 0 Å². The number of hydrogen-bond acceptors (Lipinski definition) is 4. The molecule has 190 valence electrons. The summed E-state index contributed by atoms with van der Waals surface area (Å²) in [7, 11) is 3.14. The van der Waals surface area contributed by atoms with Gasteiger partial charge in [0, 0.05) is 13.1 Å². The van der Waals surface area contributed by atoms with Crippen LogP contribution in [0.3, 0.4) is 0 Å². The highest BCUT2D eigenvalue weighted by Gasteiger charge is 2.31. The molecule has 0 bridgehead atoms. The van der Waals surface area contributed by atoms with E-state index in [0.29, 0.717) is 30.5 Å². The van der Waals surface area contributed by atoms with Gasteiger partial charge >= 0.3 is 0 Å². The maximum atomic E-state index is 13.8. The number of amides is 2.